The molecular formula is C16H11F3N4O3. The van der Waals surface area contributed by atoms with E-state index in [1.165, 1.54) is 24.3 Å². The van der Waals surface area contributed by atoms with Crippen LogP contribution in [-0.2, 0) is 6.18 Å². The maximum absolute atomic E-state index is 13.3. The van der Waals surface area contributed by atoms with Gasteiger partial charge >= 0.3 is 12.1 Å². The third-order valence-corrected chi connectivity index (χ3v) is 3.49. The van der Waals surface area contributed by atoms with E-state index >= 15 is 0 Å². The monoisotopic (exact) mass is 364 g/mol. The van der Waals surface area contributed by atoms with Gasteiger partial charge in [-0.25, -0.2) is 9.78 Å². The van der Waals surface area contributed by atoms with Gasteiger partial charge in [0.15, 0.2) is 5.69 Å². The minimum Gasteiger partial charge on any atom is -0.476 e. The summed E-state index contributed by atoms with van der Waals surface area (Å²) in [6.45, 7) is 1.60. The number of aryl methyl sites for hydroxylation is 1. The highest BCUT2D eigenvalue weighted by atomic mass is 19.4. The van der Waals surface area contributed by atoms with E-state index in [9.17, 15) is 18.0 Å². The normalized spacial score (nSPS) is 11.5. The molecule has 0 unspecified atom stereocenters. The standard InChI is InChI=1S/C16H11F3N4O3/c1-7-22-23-14(26-7)9-4-2-8(3-5-9)12-10(16(17,18)19)6-11(20)13(21-12)15(24)25/h2-6H,20H2,1H3,(H,24,25). The number of nitrogens with zero attached hydrogens (tertiary/aromatic N) is 3. The predicted octanol–water partition coefficient (Wildman–Crippen LogP) is 3.41. The number of anilines is 1. The van der Waals surface area contributed by atoms with Crippen LogP contribution in [0.2, 0.25) is 0 Å². The number of carbonyl (C=O) groups is 1. The summed E-state index contributed by atoms with van der Waals surface area (Å²) < 4.78 is 45.2. The summed E-state index contributed by atoms with van der Waals surface area (Å²) in [5.41, 5.74) is 3.10. The number of nitrogens with two attached hydrogens (primary N) is 1. The van der Waals surface area contributed by atoms with E-state index in [1.54, 1.807) is 6.92 Å². The van der Waals surface area contributed by atoms with E-state index in [2.05, 4.69) is 15.2 Å². The van der Waals surface area contributed by atoms with Crippen LogP contribution in [0.5, 0.6) is 0 Å². The average molecular weight is 364 g/mol. The lowest BCUT2D eigenvalue weighted by Gasteiger charge is -2.14. The molecule has 0 spiro atoms. The number of rotatable bonds is 3. The Kier molecular flexibility index (Phi) is 4.10. The number of carboxylic acids is 1. The Morgan fingerprint density at radius 2 is 1.77 bits per heavy atom. The lowest BCUT2D eigenvalue weighted by molar-refractivity contribution is -0.137. The molecule has 2 aromatic heterocycles. The number of pyridine rings is 1. The first-order chi connectivity index (χ1) is 12.2. The van der Waals surface area contributed by atoms with E-state index in [-0.39, 0.29) is 11.5 Å². The zero-order valence-corrected chi connectivity index (χ0v) is 13.2. The smallest absolute Gasteiger partial charge is 0.418 e. The van der Waals surface area contributed by atoms with Crippen molar-refractivity contribution in [3.8, 4) is 22.7 Å². The van der Waals surface area contributed by atoms with Crippen molar-refractivity contribution in [2.24, 2.45) is 0 Å². The Hall–Kier alpha value is -3.43. The zero-order chi connectivity index (χ0) is 19.1. The summed E-state index contributed by atoms with van der Waals surface area (Å²) in [6, 6.07) is 6.23. The summed E-state index contributed by atoms with van der Waals surface area (Å²) in [6.07, 6.45) is -4.75. The summed E-state index contributed by atoms with van der Waals surface area (Å²) in [4.78, 5) is 14.8. The molecule has 3 aromatic rings. The minimum absolute atomic E-state index is 0.0693. The van der Waals surface area contributed by atoms with Crippen LogP contribution in [0.15, 0.2) is 34.7 Å². The molecule has 1 aromatic carbocycles. The molecule has 0 aliphatic carbocycles. The average Bonchev–Trinajstić information content (AvgIpc) is 3.00. The van der Waals surface area contributed by atoms with Crippen molar-refractivity contribution in [3.63, 3.8) is 0 Å². The summed E-state index contributed by atoms with van der Waals surface area (Å²) in [7, 11) is 0. The molecule has 0 saturated carbocycles. The third kappa shape index (κ3) is 3.21. The van der Waals surface area contributed by atoms with Gasteiger partial charge in [-0.1, -0.05) is 12.1 Å². The molecular weight excluding hydrogens is 353 g/mol. The molecule has 2 heterocycles. The molecule has 134 valence electrons. The largest absolute Gasteiger partial charge is 0.476 e. The number of aromatic nitrogens is 3. The molecule has 0 aliphatic rings. The molecule has 0 fully saturated rings. The highest BCUT2D eigenvalue weighted by Crippen LogP contribution is 2.38. The van der Waals surface area contributed by atoms with Crippen molar-refractivity contribution >= 4 is 11.7 Å². The van der Waals surface area contributed by atoms with Crippen molar-refractivity contribution in [2.45, 2.75) is 13.1 Å². The SMILES string of the molecule is Cc1nnc(-c2ccc(-c3nc(C(=O)O)c(N)cc3C(F)(F)F)cc2)o1. The van der Waals surface area contributed by atoms with Crippen molar-refractivity contribution in [1.29, 1.82) is 0 Å². The summed E-state index contributed by atoms with van der Waals surface area (Å²) in [5.74, 6) is -0.966. The molecule has 0 atom stereocenters. The second-order valence-corrected chi connectivity index (χ2v) is 5.33. The van der Waals surface area contributed by atoms with Gasteiger partial charge in [-0.2, -0.15) is 13.2 Å². The quantitative estimate of drug-likeness (QED) is 0.732. The lowest BCUT2D eigenvalue weighted by atomic mass is 10.0. The molecule has 0 aliphatic heterocycles. The molecule has 0 saturated heterocycles. The Morgan fingerprint density at radius 1 is 1.15 bits per heavy atom. The molecule has 0 amide bonds. The predicted molar refractivity (Wildman–Crippen MR) is 84.1 cm³/mol. The highest BCUT2D eigenvalue weighted by molar-refractivity contribution is 5.92. The van der Waals surface area contributed by atoms with Gasteiger partial charge in [0.1, 0.15) is 0 Å². The minimum atomic E-state index is -4.75. The maximum Gasteiger partial charge on any atom is 0.418 e. The van der Waals surface area contributed by atoms with Crippen LogP contribution >= 0.6 is 0 Å². The van der Waals surface area contributed by atoms with E-state index < -0.39 is 34.8 Å². The number of benzene rings is 1. The van der Waals surface area contributed by atoms with E-state index in [0.717, 1.165) is 0 Å². The van der Waals surface area contributed by atoms with E-state index in [4.69, 9.17) is 15.3 Å². The fraction of sp³-hybridized carbons (Fsp3) is 0.125. The fourth-order valence-corrected chi connectivity index (χ4v) is 2.32. The van der Waals surface area contributed by atoms with Crippen molar-refractivity contribution in [1.82, 2.24) is 15.2 Å². The van der Waals surface area contributed by atoms with Crippen LogP contribution in [0.3, 0.4) is 0 Å². The van der Waals surface area contributed by atoms with Crippen molar-refractivity contribution in [2.75, 3.05) is 5.73 Å². The van der Waals surface area contributed by atoms with Gasteiger partial charge in [-0.3, -0.25) is 0 Å². The lowest BCUT2D eigenvalue weighted by Crippen LogP contribution is -2.14. The molecule has 3 rings (SSSR count). The van der Waals surface area contributed by atoms with Crippen LogP contribution in [0, 0.1) is 6.92 Å². The van der Waals surface area contributed by atoms with Gasteiger partial charge in [0, 0.05) is 18.1 Å². The first-order valence-corrected chi connectivity index (χ1v) is 7.18. The fourth-order valence-electron chi connectivity index (χ4n) is 2.32. The number of nitrogen functional groups attached to an aromatic ring is 1. The van der Waals surface area contributed by atoms with Crippen LogP contribution < -0.4 is 5.73 Å². The topological polar surface area (TPSA) is 115 Å². The first-order valence-electron chi connectivity index (χ1n) is 7.18. The van der Waals surface area contributed by atoms with Gasteiger partial charge < -0.3 is 15.3 Å². The molecule has 0 radical (unpaired) electrons. The molecule has 26 heavy (non-hydrogen) atoms. The van der Waals surface area contributed by atoms with Gasteiger partial charge in [-0.15, -0.1) is 10.2 Å². The molecule has 7 nitrogen and oxygen atoms in total. The Bertz CT molecular complexity index is 981. The molecule has 10 heteroatoms. The zero-order valence-electron chi connectivity index (χ0n) is 13.2. The van der Waals surface area contributed by atoms with Gasteiger partial charge in [-0.05, 0) is 18.2 Å². The number of halogens is 3. The molecule has 3 N–H and O–H groups in total. The Labute approximate surface area is 144 Å². The van der Waals surface area contributed by atoms with E-state index in [0.29, 0.717) is 17.5 Å². The van der Waals surface area contributed by atoms with Gasteiger partial charge in [0.05, 0.1) is 16.9 Å². The number of hydrogen-bond donors (Lipinski definition) is 2. The number of hydrogen-bond acceptors (Lipinski definition) is 6. The highest BCUT2D eigenvalue weighted by Gasteiger charge is 2.36. The number of alkyl halides is 3. The third-order valence-electron chi connectivity index (χ3n) is 3.49. The number of aromatic carboxylic acids is 1. The van der Waals surface area contributed by atoms with Crippen molar-refractivity contribution in [3.05, 3.63) is 47.5 Å². The maximum atomic E-state index is 13.3. The van der Waals surface area contributed by atoms with Crippen LogP contribution in [0.25, 0.3) is 22.7 Å². The molecule has 0 bridgehead atoms. The summed E-state index contributed by atoms with van der Waals surface area (Å²) in [5, 5.41) is 16.6. The second-order valence-electron chi connectivity index (χ2n) is 5.33. The Balaban J connectivity index is 2.12. The van der Waals surface area contributed by atoms with Crippen LogP contribution in [-0.4, -0.2) is 26.3 Å². The Morgan fingerprint density at radius 3 is 2.27 bits per heavy atom. The number of carboxylic acid groups (broad SMARTS) is 1. The van der Waals surface area contributed by atoms with Crippen molar-refractivity contribution < 1.29 is 27.5 Å². The van der Waals surface area contributed by atoms with Crippen LogP contribution in [0.1, 0.15) is 21.9 Å². The van der Waals surface area contributed by atoms with Gasteiger partial charge in [0.25, 0.3) is 0 Å². The van der Waals surface area contributed by atoms with E-state index in [1.807, 2.05) is 0 Å². The first kappa shape index (κ1) is 17.4. The van der Waals surface area contributed by atoms with Gasteiger partial charge in [0.2, 0.25) is 11.8 Å². The van der Waals surface area contributed by atoms with Crippen LogP contribution in [0.4, 0.5) is 18.9 Å². The second kappa shape index (κ2) is 6.14. The summed E-state index contributed by atoms with van der Waals surface area (Å²) >= 11 is 0.